The molecule has 2 heterocycles. The molecule has 0 aliphatic heterocycles. The maximum Gasteiger partial charge on any atom is 0.179 e. The lowest BCUT2D eigenvalue weighted by Gasteiger charge is -2.34. The van der Waals surface area contributed by atoms with Crippen LogP contribution < -0.4 is 20.7 Å². The number of rotatable bonds is 6. The van der Waals surface area contributed by atoms with Crippen molar-refractivity contribution in [3.63, 3.8) is 0 Å². The van der Waals surface area contributed by atoms with Gasteiger partial charge in [-0.2, -0.15) is 0 Å². The molecule has 0 atom stereocenters. The van der Waals surface area contributed by atoms with Gasteiger partial charge in [-0.15, -0.1) is 0 Å². The third-order valence-electron chi connectivity index (χ3n) is 10.7. The van der Waals surface area contributed by atoms with Gasteiger partial charge in [-0.3, -0.25) is 0 Å². The maximum atomic E-state index is 2.52. The lowest BCUT2D eigenvalue weighted by molar-refractivity contribution is 1.13. The van der Waals surface area contributed by atoms with Crippen LogP contribution in [0.3, 0.4) is 0 Å². The molecule has 10 aromatic rings. The lowest BCUT2D eigenvalue weighted by atomic mass is 10.1. The van der Waals surface area contributed by atoms with E-state index in [2.05, 4.69) is 215 Å². The number of aromatic nitrogens is 2. The van der Waals surface area contributed by atoms with E-state index in [-0.39, 0.29) is 0 Å². The van der Waals surface area contributed by atoms with Crippen molar-refractivity contribution in [2.45, 2.75) is 0 Å². The van der Waals surface area contributed by atoms with Crippen LogP contribution in [-0.2, 0) is 0 Å². The number of hydrogen-bond acceptors (Lipinski definition) is 0. The second kappa shape index (κ2) is 11.9. The second-order valence-corrected chi connectivity index (χ2v) is 17.1. The van der Waals surface area contributed by atoms with E-state index >= 15 is 0 Å². The molecular weight excluding hydrogens is 633 g/mol. The molecule has 0 saturated carbocycles. The molecule has 2 aromatic heterocycles. The summed E-state index contributed by atoms with van der Waals surface area (Å²) in [4.78, 5) is 0. The Labute approximate surface area is 298 Å². The second-order valence-electron chi connectivity index (χ2n) is 13.3. The molecule has 0 aliphatic carbocycles. The van der Waals surface area contributed by atoms with Crippen LogP contribution in [0.4, 0.5) is 0 Å². The van der Waals surface area contributed by atoms with Gasteiger partial charge in [0.15, 0.2) is 8.07 Å². The largest absolute Gasteiger partial charge is 0.307 e. The summed E-state index contributed by atoms with van der Waals surface area (Å²) >= 11 is 0. The van der Waals surface area contributed by atoms with E-state index in [4.69, 9.17) is 0 Å². The molecule has 0 radical (unpaired) electrons. The van der Waals surface area contributed by atoms with Crippen LogP contribution in [-0.4, -0.2) is 17.2 Å². The van der Waals surface area contributed by atoms with Gasteiger partial charge in [-0.1, -0.05) is 170 Å². The van der Waals surface area contributed by atoms with Crippen LogP contribution in [0.25, 0.3) is 55.0 Å². The van der Waals surface area contributed by atoms with Gasteiger partial charge >= 0.3 is 0 Å². The fourth-order valence-corrected chi connectivity index (χ4v) is 13.3. The summed E-state index contributed by atoms with van der Waals surface area (Å²) in [5, 5.41) is 10.5. The summed E-state index contributed by atoms with van der Waals surface area (Å²) in [6, 6.07) is 76.2. The van der Waals surface area contributed by atoms with Crippen molar-refractivity contribution >= 4 is 72.4 Å². The van der Waals surface area contributed by atoms with Gasteiger partial charge in [0.25, 0.3) is 0 Å². The number of hydrogen-bond donors (Lipinski definition) is 0. The van der Waals surface area contributed by atoms with Gasteiger partial charge < -0.3 is 9.13 Å². The molecule has 0 unspecified atom stereocenters. The first-order chi connectivity index (χ1) is 25.3. The Morgan fingerprint density at radius 2 is 0.745 bits per heavy atom. The fraction of sp³-hybridized carbons (Fsp3) is 0. The Hall–Kier alpha value is -6.42. The minimum atomic E-state index is -2.75. The summed E-state index contributed by atoms with van der Waals surface area (Å²) in [7, 11) is -2.75. The van der Waals surface area contributed by atoms with Crippen LogP contribution >= 0.6 is 0 Å². The number of nitrogens with zero attached hydrogens (tertiary/aromatic N) is 2. The summed E-state index contributed by atoms with van der Waals surface area (Å²) < 4.78 is 4.97. The monoisotopic (exact) mass is 666 g/mol. The van der Waals surface area contributed by atoms with E-state index in [1.54, 1.807) is 0 Å². The topological polar surface area (TPSA) is 9.86 Å². The third-order valence-corrected chi connectivity index (χ3v) is 15.4. The zero-order chi connectivity index (χ0) is 33.8. The van der Waals surface area contributed by atoms with E-state index in [0.29, 0.717) is 0 Å². The van der Waals surface area contributed by atoms with Crippen molar-refractivity contribution in [2.24, 2.45) is 0 Å². The van der Waals surface area contributed by atoms with Crippen molar-refractivity contribution in [1.29, 1.82) is 0 Å². The molecule has 240 valence electrons. The molecule has 0 N–H and O–H groups in total. The van der Waals surface area contributed by atoms with Crippen LogP contribution in [0.2, 0.25) is 0 Å². The molecule has 0 fully saturated rings. The number of para-hydroxylation sites is 4. The Kier molecular flexibility index (Phi) is 6.86. The maximum absolute atomic E-state index is 2.75. The van der Waals surface area contributed by atoms with Gasteiger partial charge in [0.05, 0.1) is 27.8 Å². The highest BCUT2D eigenvalue weighted by molar-refractivity contribution is 7.20. The predicted molar refractivity (Wildman–Crippen MR) is 219 cm³/mol. The van der Waals surface area contributed by atoms with E-state index in [1.165, 1.54) is 70.0 Å². The predicted octanol–water partition coefficient (Wildman–Crippen LogP) is 9.26. The van der Waals surface area contributed by atoms with Crippen molar-refractivity contribution in [3.05, 3.63) is 206 Å². The average Bonchev–Trinajstić information content (AvgIpc) is 3.73. The Bertz CT molecular complexity index is 2740. The highest BCUT2D eigenvalue weighted by Crippen LogP contribution is 2.39. The van der Waals surface area contributed by atoms with E-state index in [1.807, 2.05) is 0 Å². The van der Waals surface area contributed by atoms with Crippen molar-refractivity contribution in [2.75, 3.05) is 0 Å². The Morgan fingerprint density at radius 3 is 1.33 bits per heavy atom. The van der Waals surface area contributed by atoms with Gasteiger partial charge in [-0.25, -0.2) is 0 Å². The number of fused-ring (bicyclic) bond motifs is 6. The molecule has 0 bridgehead atoms. The van der Waals surface area contributed by atoms with E-state index < -0.39 is 8.07 Å². The first-order valence-corrected chi connectivity index (χ1v) is 19.6. The minimum absolute atomic E-state index is 1.15. The molecule has 10 rings (SSSR count). The standard InChI is InChI=1S/C48H34N2Si/c1-5-18-35(19-6-1)49-44-29-15-14-27-41(44)43-28-17-31-46(48(43)49)50-45-30-16-13-26-40(45)42-33-32-39(34-47(42)50)51(36-20-7-2-8-21-36,37-22-9-3-10-23-37)38-24-11-4-12-25-38/h1-34H. The molecular formula is C48H34N2Si. The fourth-order valence-electron chi connectivity index (χ4n) is 8.55. The van der Waals surface area contributed by atoms with Gasteiger partial charge in [0, 0.05) is 27.2 Å². The molecule has 3 heteroatoms. The highest BCUT2D eigenvalue weighted by Gasteiger charge is 2.41. The summed E-state index contributed by atoms with van der Waals surface area (Å²) in [5.74, 6) is 0. The zero-order valence-electron chi connectivity index (χ0n) is 28.0. The average molecular weight is 667 g/mol. The highest BCUT2D eigenvalue weighted by atomic mass is 28.3. The quantitative estimate of drug-likeness (QED) is 0.124. The van der Waals surface area contributed by atoms with Gasteiger partial charge in [0.2, 0.25) is 0 Å². The lowest BCUT2D eigenvalue weighted by Crippen LogP contribution is -2.74. The molecule has 0 spiro atoms. The van der Waals surface area contributed by atoms with Crippen LogP contribution in [0.5, 0.6) is 0 Å². The van der Waals surface area contributed by atoms with E-state index in [9.17, 15) is 0 Å². The molecule has 51 heavy (non-hydrogen) atoms. The summed E-state index contributed by atoms with van der Waals surface area (Å²) in [6.07, 6.45) is 0. The van der Waals surface area contributed by atoms with Gasteiger partial charge in [0.1, 0.15) is 0 Å². The van der Waals surface area contributed by atoms with E-state index in [0.717, 1.165) is 5.69 Å². The van der Waals surface area contributed by atoms with Crippen molar-refractivity contribution < 1.29 is 0 Å². The Morgan fingerprint density at radius 1 is 0.294 bits per heavy atom. The Balaban J connectivity index is 1.36. The molecule has 0 amide bonds. The van der Waals surface area contributed by atoms with Crippen LogP contribution in [0.1, 0.15) is 0 Å². The molecule has 0 saturated heterocycles. The van der Waals surface area contributed by atoms with Crippen molar-refractivity contribution in [3.8, 4) is 11.4 Å². The SMILES string of the molecule is c1ccc(-n2c3ccccc3c3cccc(-n4c5ccccc5c5ccc([Si](c6ccccc6)(c6ccccc6)c6ccccc6)cc54)c32)cc1. The third kappa shape index (κ3) is 4.42. The van der Waals surface area contributed by atoms with Gasteiger partial charge in [-0.05, 0) is 57.1 Å². The summed E-state index contributed by atoms with van der Waals surface area (Å²) in [5.41, 5.74) is 7.15. The summed E-state index contributed by atoms with van der Waals surface area (Å²) in [6.45, 7) is 0. The molecule has 0 aliphatic rings. The normalized spacial score (nSPS) is 11.9. The molecule has 8 aromatic carbocycles. The minimum Gasteiger partial charge on any atom is -0.307 e. The first kappa shape index (κ1) is 29.5. The van der Waals surface area contributed by atoms with Crippen LogP contribution in [0, 0.1) is 0 Å². The zero-order valence-corrected chi connectivity index (χ0v) is 29.0. The van der Waals surface area contributed by atoms with Crippen molar-refractivity contribution in [1.82, 2.24) is 9.13 Å². The molecule has 2 nitrogen and oxygen atoms in total. The smallest absolute Gasteiger partial charge is 0.179 e. The number of benzene rings is 8. The van der Waals surface area contributed by atoms with Crippen LogP contribution in [0.15, 0.2) is 206 Å². The first-order valence-electron chi connectivity index (χ1n) is 17.6.